The minimum atomic E-state index is 0.728. The summed E-state index contributed by atoms with van der Waals surface area (Å²) in [5.41, 5.74) is 0. The standard InChI is InChI=1S/C12H24N2O/c1-14-7-4-12(5-8-14)13-6-9-15-10-11-2-3-11/h11-13H,2-10H2,1H3. The van der Waals surface area contributed by atoms with Crippen molar-refractivity contribution < 1.29 is 4.74 Å². The first-order chi connectivity index (χ1) is 7.34. The predicted molar refractivity (Wildman–Crippen MR) is 62.1 cm³/mol. The van der Waals surface area contributed by atoms with E-state index in [2.05, 4.69) is 17.3 Å². The second-order valence-corrected chi connectivity index (χ2v) is 5.05. The van der Waals surface area contributed by atoms with Gasteiger partial charge in [0.2, 0.25) is 0 Å². The molecule has 0 bridgehead atoms. The summed E-state index contributed by atoms with van der Waals surface area (Å²) in [5, 5.41) is 3.58. The lowest BCUT2D eigenvalue weighted by molar-refractivity contribution is 0.120. The lowest BCUT2D eigenvalue weighted by atomic mass is 10.1. The molecule has 0 aromatic carbocycles. The maximum atomic E-state index is 5.60. The van der Waals surface area contributed by atoms with Crippen LogP contribution in [0.2, 0.25) is 0 Å². The molecule has 1 heterocycles. The van der Waals surface area contributed by atoms with Crippen LogP contribution in [0.15, 0.2) is 0 Å². The SMILES string of the molecule is CN1CCC(NCCOCC2CC2)CC1. The topological polar surface area (TPSA) is 24.5 Å². The molecular weight excluding hydrogens is 188 g/mol. The van der Waals surface area contributed by atoms with Crippen molar-refractivity contribution in [2.24, 2.45) is 5.92 Å². The first-order valence-corrected chi connectivity index (χ1v) is 6.34. The minimum Gasteiger partial charge on any atom is -0.380 e. The number of ether oxygens (including phenoxy) is 1. The highest BCUT2D eigenvalue weighted by Gasteiger charge is 2.21. The Bertz CT molecular complexity index is 174. The van der Waals surface area contributed by atoms with Gasteiger partial charge in [0.25, 0.3) is 0 Å². The summed E-state index contributed by atoms with van der Waals surface area (Å²) in [6, 6.07) is 0.728. The summed E-state index contributed by atoms with van der Waals surface area (Å²) >= 11 is 0. The minimum absolute atomic E-state index is 0.728. The van der Waals surface area contributed by atoms with Crippen LogP contribution in [0.3, 0.4) is 0 Å². The van der Waals surface area contributed by atoms with Crippen LogP contribution < -0.4 is 5.32 Å². The van der Waals surface area contributed by atoms with E-state index in [-0.39, 0.29) is 0 Å². The lowest BCUT2D eigenvalue weighted by Gasteiger charge is -2.29. The molecule has 1 aliphatic carbocycles. The van der Waals surface area contributed by atoms with Gasteiger partial charge < -0.3 is 15.0 Å². The van der Waals surface area contributed by atoms with Gasteiger partial charge in [0.05, 0.1) is 6.61 Å². The van der Waals surface area contributed by atoms with Gasteiger partial charge in [-0.15, -0.1) is 0 Å². The van der Waals surface area contributed by atoms with Crippen LogP contribution in [-0.4, -0.2) is 50.8 Å². The molecule has 3 heteroatoms. The summed E-state index contributed by atoms with van der Waals surface area (Å²) in [5.74, 6) is 0.897. The molecule has 0 radical (unpaired) electrons. The number of nitrogens with one attached hydrogen (secondary N) is 1. The second-order valence-electron chi connectivity index (χ2n) is 5.05. The third-order valence-electron chi connectivity index (χ3n) is 3.45. The van der Waals surface area contributed by atoms with Gasteiger partial charge >= 0.3 is 0 Å². The van der Waals surface area contributed by atoms with E-state index in [1.54, 1.807) is 0 Å². The number of rotatable bonds is 6. The van der Waals surface area contributed by atoms with Crippen LogP contribution in [0.4, 0.5) is 0 Å². The third-order valence-corrected chi connectivity index (χ3v) is 3.45. The van der Waals surface area contributed by atoms with E-state index >= 15 is 0 Å². The van der Waals surface area contributed by atoms with Gasteiger partial charge in [-0.2, -0.15) is 0 Å². The first kappa shape index (κ1) is 11.4. The molecular formula is C12H24N2O. The number of piperidine rings is 1. The van der Waals surface area contributed by atoms with Crippen molar-refractivity contribution in [1.82, 2.24) is 10.2 Å². The van der Waals surface area contributed by atoms with Crippen molar-refractivity contribution >= 4 is 0 Å². The monoisotopic (exact) mass is 212 g/mol. The highest BCUT2D eigenvalue weighted by molar-refractivity contribution is 4.75. The molecule has 0 unspecified atom stereocenters. The van der Waals surface area contributed by atoms with Crippen LogP contribution in [0.5, 0.6) is 0 Å². The molecule has 0 aromatic rings. The fourth-order valence-corrected chi connectivity index (χ4v) is 2.08. The zero-order chi connectivity index (χ0) is 10.5. The van der Waals surface area contributed by atoms with E-state index in [1.807, 2.05) is 0 Å². The van der Waals surface area contributed by atoms with Crippen LogP contribution >= 0.6 is 0 Å². The summed E-state index contributed by atoms with van der Waals surface area (Å²) in [7, 11) is 2.20. The molecule has 15 heavy (non-hydrogen) atoms. The Morgan fingerprint density at radius 2 is 1.93 bits per heavy atom. The van der Waals surface area contributed by atoms with Crippen molar-refractivity contribution in [2.75, 3.05) is 39.9 Å². The van der Waals surface area contributed by atoms with Crippen LogP contribution in [0.1, 0.15) is 25.7 Å². The van der Waals surface area contributed by atoms with Gasteiger partial charge in [-0.05, 0) is 51.7 Å². The molecule has 1 saturated heterocycles. The average molecular weight is 212 g/mol. The van der Waals surface area contributed by atoms with E-state index in [0.29, 0.717) is 0 Å². The van der Waals surface area contributed by atoms with E-state index in [1.165, 1.54) is 38.8 Å². The summed E-state index contributed by atoms with van der Waals surface area (Å²) < 4.78 is 5.60. The summed E-state index contributed by atoms with van der Waals surface area (Å²) in [6.45, 7) is 5.39. The van der Waals surface area contributed by atoms with Crippen molar-refractivity contribution in [3.05, 3.63) is 0 Å². The Morgan fingerprint density at radius 3 is 2.60 bits per heavy atom. The zero-order valence-corrected chi connectivity index (χ0v) is 9.87. The maximum absolute atomic E-state index is 5.60. The Morgan fingerprint density at radius 1 is 1.20 bits per heavy atom. The Labute approximate surface area is 93.2 Å². The van der Waals surface area contributed by atoms with Gasteiger partial charge in [0, 0.05) is 19.2 Å². The largest absolute Gasteiger partial charge is 0.380 e. The fourth-order valence-electron chi connectivity index (χ4n) is 2.08. The quantitative estimate of drug-likeness (QED) is 0.667. The van der Waals surface area contributed by atoms with Crippen molar-refractivity contribution in [1.29, 1.82) is 0 Å². The molecule has 2 fully saturated rings. The van der Waals surface area contributed by atoms with E-state index in [4.69, 9.17) is 4.74 Å². The van der Waals surface area contributed by atoms with E-state index in [9.17, 15) is 0 Å². The molecule has 3 nitrogen and oxygen atoms in total. The van der Waals surface area contributed by atoms with Gasteiger partial charge in [-0.1, -0.05) is 0 Å². The average Bonchev–Trinajstić information content (AvgIpc) is 3.04. The van der Waals surface area contributed by atoms with E-state index < -0.39 is 0 Å². The molecule has 0 spiro atoms. The Kier molecular flexibility index (Phi) is 4.42. The normalized spacial score (nSPS) is 24.6. The molecule has 0 aromatic heterocycles. The second kappa shape index (κ2) is 5.83. The van der Waals surface area contributed by atoms with Gasteiger partial charge in [0.15, 0.2) is 0 Å². The van der Waals surface area contributed by atoms with E-state index in [0.717, 1.165) is 31.7 Å². The van der Waals surface area contributed by atoms with Crippen LogP contribution in [0.25, 0.3) is 0 Å². The summed E-state index contributed by atoms with van der Waals surface area (Å²) in [4.78, 5) is 2.40. The molecule has 1 aliphatic heterocycles. The maximum Gasteiger partial charge on any atom is 0.0591 e. The number of likely N-dealkylation sites (tertiary alicyclic amines) is 1. The van der Waals surface area contributed by atoms with Gasteiger partial charge in [-0.25, -0.2) is 0 Å². The molecule has 1 saturated carbocycles. The number of hydrogen-bond donors (Lipinski definition) is 1. The highest BCUT2D eigenvalue weighted by atomic mass is 16.5. The molecule has 2 aliphatic rings. The molecule has 2 rings (SSSR count). The van der Waals surface area contributed by atoms with Crippen LogP contribution in [-0.2, 0) is 4.74 Å². The molecule has 1 N–H and O–H groups in total. The smallest absolute Gasteiger partial charge is 0.0591 e. The van der Waals surface area contributed by atoms with Crippen molar-refractivity contribution in [3.63, 3.8) is 0 Å². The molecule has 0 amide bonds. The third kappa shape index (κ3) is 4.49. The Balaban J connectivity index is 1.43. The fraction of sp³-hybridized carbons (Fsp3) is 1.00. The molecule has 88 valence electrons. The zero-order valence-electron chi connectivity index (χ0n) is 9.87. The molecule has 0 atom stereocenters. The van der Waals surface area contributed by atoms with Crippen molar-refractivity contribution in [2.45, 2.75) is 31.7 Å². The number of nitrogens with zero attached hydrogens (tertiary/aromatic N) is 1. The highest BCUT2D eigenvalue weighted by Crippen LogP contribution is 2.28. The first-order valence-electron chi connectivity index (χ1n) is 6.34. The van der Waals surface area contributed by atoms with Crippen LogP contribution in [0, 0.1) is 5.92 Å². The summed E-state index contributed by atoms with van der Waals surface area (Å²) in [6.07, 6.45) is 5.36. The van der Waals surface area contributed by atoms with Gasteiger partial charge in [0.1, 0.15) is 0 Å². The van der Waals surface area contributed by atoms with Gasteiger partial charge in [-0.3, -0.25) is 0 Å². The predicted octanol–water partition coefficient (Wildman–Crippen LogP) is 1.10. The Hall–Kier alpha value is -0.120. The lowest BCUT2D eigenvalue weighted by Crippen LogP contribution is -2.41. The number of hydrogen-bond acceptors (Lipinski definition) is 3. The van der Waals surface area contributed by atoms with Crippen molar-refractivity contribution in [3.8, 4) is 0 Å².